The van der Waals surface area contributed by atoms with Crippen molar-refractivity contribution in [2.24, 2.45) is 11.8 Å². The highest BCUT2D eigenvalue weighted by Crippen LogP contribution is 2.21. The third-order valence-electron chi connectivity index (χ3n) is 4.39. The molecule has 126 valence electrons. The molecule has 0 spiro atoms. The number of rotatable bonds is 7. The van der Waals surface area contributed by atoms with Crippen molar-refractivity contribution < 1.29 is 14.6 Å². The van der Waals surface area contributed by atoms with E-state index in [2.05, 4.69) is 10.2 Å². The minimum atomic E-state index is 0. The summed E-state index contributed by atoms with van der Waals surface area (Å²) in [5.74, 6) is 1.11. The van der Waals surface area contributed by atoms with Crippen LogP contribution in [0.2, 0.25) is 0 Å². The van der Waals surface area contributed by atoms with E-state index in [4.69, 9.17) is 9.47 Å². The maximum Gasteiger partial charge on any atom is 0.0707 e. The highest BCUT2D eigenvalue weighted by atomic mass is 35.5. The fraction of sp³-hybridized carbons (Fsp3) is 1.00. The molecule has 0 radical (unpaired) electrons. The number of hydrogen-bond donors (Lipinski definition) is 2. The fourth-order valence-corrected chi connectivity index (χ4v) is 3.39. The molecule has 2 heterocycles. The van der Waals surface area contributed by atoms with Crippen LogP contribution >= 0.6 is 12.4 Å². The summed E-state index contributed by atoms with van der Waals surface area (Å²) in [6.07, 6.45) is 3.82. The normalized spacial score (nSPS) is 30.9. The van der Waals surface area contributed by atoms with Crippen LogP contribution in [0.1, 0.15) is 19.3 Å². The fourth-order valence-electron chi connectivity index (χ4n) is 3.39. The molecule has 2 N–H and O–H groups in total. The second kappa shape index (κ2) is 10.8. The summed E-state index contributed by atoms with van der Waals surface area (Å²) in [7, 11) is 1.70. The summed E-state index contributed by atoms with van der Waals surface area (Å²) in [4.78, 5) is 2.49. The molecule has 0 bridgehead atoms. The molecule has 0 amide bonds. The van der Waals surface area contributed by atoms with Crippen LogP contribution in [0.25, 0.3) is 0 Å². The third-order valence-corrected chi connectivity index (χ3v) is 4.39. The van der Waals surface area contributed by atoms with Crippen LogP contribution in [0, 0.1) is 11.8 Å². The Balaban J connectivity index is 0.00000220. The summed E-state index contributed by atoms with van der Waals surface area (Å²) in [6, 6.07) is 0. The van der Waals surface area contributed by atoms with E-state index in [0.717, 1.165) is 38.5 Å². The average Bonchev–Trinajstić information content (AvgIpc) is 2.48. The summed E-state index contributed by atoms with van der Waals surface area (Å²) in [5.41, 5.74) is 0. The number of ether oxygens (including phenoxy) is 2. The van der Waals surface area contributed by atoms with Crippen molar-refractivity contribution >= 4 is 12.4 Å². The maximum absolute atomic E-state index is 9.48. The van der Waals surface area contributed by atoms with E-state index < -0.39 is 0 Å². The average molecular weight is 323 g/mol. The van der Waals surface area contributed by atoms with Gasteiger partial charge < -0.3 is 24.8 Å². The number of methoxy groups -OCH3 is 1. The quantitative estimate of drug-likeness (QED) is 0.678. The van der Waals surface area contributed by atoms with Gasteiger partial charge in [0.15, 0.2) is 0 Å². The maximum atomic E-state index is 9.48. The highest BCUT2D eigenvalue weighted by Gasteiger charge is 2.29. The van der Waals surface area contributed by atoms with Crippen LogP contribution in [-0.4, -0.2) is 75.8 Å². The van der Waals surface area contributed by atoms with Crippen molar-refractivity contribution in [3.63, 3.8) is 0 Å². The molecule has 2 fully saturated rings. The third kappa shape index (κ3) is 6.80. The number of nitrogens with one attached hydrogen (secondary N) is 1. The van der Waals surface area contributed by atoms with Crippen LogP contribution in [0.3, 0.4) is 0 Å². The Kier molecular flexibility index (Phi) is 9.80. The molecule has 5 nitrogen and oxygen atoms in total. The zero-order valence-electron chi connectivity index (χ0n) is 13.1. The Labute approximate surface area is 134 Å². The van der Waals surface area contributed by atoms with Gasteiger partial charge in [-0.05, 0) is 44.2 Å². The topological polar surface area (TPSA) is 54.0 Å². The van der Waals surface area contributed by atoms with Crippen molar-refractivity contribution in [2.45, 2.75) is 25.4 Å². The Hall–Kier alpha value is 0.0900. The first kappa shape index (κ1) is 19.1. The number of likely N-dealkylation sites (tertiary alicyclic amines) is 1. The van der Waals surface area contributed by atoms with Crippen molar-refractivity contribution in [3.05, 3.63) is 0 Å². The first-order chi connectivity index (χ1) is 9.81. The number of hydrogen-bond acceptors (Lipinski definition) is 5. The molecule has 2 aliphatic heterocycles. The minimum absolute atomic E-state index is 0. The Bertz CT molecular complexity index is 265. The van der Waals surface area contributed by atoms with E-state index in [1.807, 2.05) is 0 Å². The minimum Gasteiger partial charge on any atom is -0.396 e. The zero-order chi connectivity index (χ0) is 14.2. The van der Waals surface area contributed by atoms with Gasteiger partial charge in [0.05, 0.1) is 19.3 Å². The molecule has 3 unspecified atom stereocenters. The van der Waals surface area contributed by atoms with E-state index >= 15 is 0 Å². The smallest absolute Gasteiger partial charge is 0.0707 e. The molecule has 6 heteroatoms. The number of piperidine rings is 2. The lowest BCUT2D eigenvalue weighted by molar-refractivity contribution is -0.0468. The zero-order valence-corrected chi connectivity index (χ0v) is 13.9. The van der Waals surface area contributed by atoms with Crippen molar-refractivity contribution in [1.82, 2.24) is 10.2 Å². The second-order valence-corrected chi connectivity index (χ2v) is 6.20. The molecule has 2 aliphatic rings. The van der Waals surface area contributed by atoms with Gasteiger partial charge in [0, 0.05) is 33.4 Å². The molecule has 21 heavy (non-hydrogen) atoms. The van der Waals surface area contributed by atoms with E-state index in [1.54, 1.807) is 7.11 Å². The molecular weight excluding hydrogens is 292 g/mol. The van der Waals surface area contributed by atoms with Gasteiger partial charge in [-0.15, -0.1) is 12.4 Å². The first-order valence-electron chi connectivity index (χ1n) is 7.96. The first-order valence-corrected chi connectivity index (χ1v) is 7.96. The van der Waals surface area contributed by atoms with Gasteiger partial charge in [-0.3, -0.25) is 0 Å². The van der Waals surface area contributed by atoms with E-state index in [9.17, 15) is 5.11 Å². The number of aliphatic hydroxyl groups excluding tert-OH is 1. The van der Waals surface area contributed by atoms with Gasteiger partial charge in [-0.25, -0.2) is 0 Å². The van der Waals surface area contributed by atoms with E-state index in [0.29, 0.717) is 19.1 Å². The molecule has 0 aromatic rings. The Morgan fingerprint density at radius 3 is 2.76 bits per heavy atom. The van der Waals surface area contributed by atoms with Gasteiger partial charge in [0.1, 0.15) is 0 Å². The van der Waals surface area contributed by atoms with Crippen LogP contribution in [0.4, 0.5) is 0 Å². The predicted octanol–water partition coefficient (Wildman–Crippen LogP) is 0.754. The molecule has 0 aliphatic carbocycles. The van der Waals surface area contributed by atoms with Gasteiger partial charge in [-0.1, -0.05) is 0 Å². The van der Waals surface area contributed by atoms with Crippen molar-refractivity contribution in [3.8, 4) is 0 Å². The largest absolute Gasteiger partial charge is 0.396 e. The van der Waals surface area contributed by atoms with Gasteiger partial charge >= 0.3 is 0 Å². The Morgan fingerprint density at radius 1 is 1.24 bits per heavy atom. The summed E-state index contributed by atoms with van der Waals surface area (Å²) in [5, 5.41) is 13.0. The van der Waals surface area contributed by atoms with Crippen molar-refractivity contribution in [1.29, 1.82) is 0 Å². The molecule has 2 saturated heterocycles. The van der Waals surface area contributed by atoms with Crippen molar-refractivity contribution in [2.75, 3.05) is 59.7 Å². The molecular formula is C15H31ClN2O3. The van der Waals surface area contributed by atoms with Gasteiger partial charge in [0.2, 0.25) is 0 Å². The van der Waals surface area contributed by atoms with Crippen LogP contribution in [0.15, 0.2) is 0 Å². The second-order valence-electron chi connectivity index (χ2n) is 6.20. The lowest BCUT2D eigenvalue weighted by atomic mass is 9.93. The summed E-state index contributed by atoms with van der Waals surface area (Å²) < 4.78 is 10.9. The SMILES string of the molecule is COCCOC1CC(CO)CN(CC2CCCNC2)C1.Cl. The lowest BCUT2D eigenvalue weighted by Crippen LogP contribution is -2.48. The molecule has 0 aromatic carbocycles. The van der Waals surface area contributed by atoms with E-state index in [-0.39, 0.29) is 25.1 Å². The monoisotopic (exact) mass is 322 g/mol. The number of halogens is 1. The highest BCUT2D eigenvalue weighted by molar-refractivity contribution is 5.85. The lowest BCUT2D eigenvalue weighted by Gasteiger charge is -2.39. The number of nitrogens with zero attached hydrogens (tertiary/aromatic N) is 1. The van der Waals surface area contributed by atoms with Gasteiger partial charge in [-0.2, -0.15) is 0 Å². The number of aliphatic hydroxyl groups is 1. The van der Waals surface area contributed by atoms with Gasteiger partial charge in [0.25, 0.3) is 0 Å². The summed E-state index contributed by atoms with van der Waals surface area (Å²) in [6.45, 7) is 7.00. The van der Waals surface area contributed by atoms with Crippen LogP contribution in [0.5, 0.6) is 0 Å². The molecule has 3 atom stereocenters. The summed E-state index contributed by atoms with van der Waals surface area (Å²) >= 11 is 0. The van der Waals surface area contributed by atoms with E-state index in [1.165, 1.54) is 19.4 Å². The standard InChI is InChI=1S/C15H30N2O3.ClH/c1-19-5-6-20-15-7-14(12-18)10-17(11-15)9-13-3-2-4-16-8-13;/h13-16,18H,2-12H2,1H3;1H. The molecule has 2 rings (SSSR count). The predicted molar refractivity (Wildman–Crippen MR) is 86.1 cm³/mol. The molecule has 0 saturated carbocycles. The van der Waals surface area contributed by atoms with Crippen LogP contribution < -0.4 is 5.32 Å². The van der Waals surface area contributed by atoms with Crippen LogP contribution in [-0.2, 0) is 9.47 Å². The Morgan fingerprint density at radius 2 is 2.10 bits per heavy atom. The molecule has 0 aromatic heterocycles.